The summed E-state index contributed by atoms with van der Waals surface area (Å²) in [6.07, 6.45) is 0. The molecule has 0 aliphatic heterocycles. The van der Waals surface area contributed by atoms with Gasteiger partial charge in [0.25, 0.3) is 0 Å². The Morgan fingerprint density at radius 2 is 2.12 bits per heavy atom. The van der Waals surface area contributed by atoms with Crippen LogP contribution in [0.4, 0.5) is 0 Å². The standard InChI is InChI=1S/C8H4ClN3O4/c9-3-1-4-6(11-12-10-4)5(2-3)16-8(15)7(13)14/h1-2H,(H,13,14)(H,10,11,12). The Balaban J connectivity index is 2.47. The Hall–Kier alpha value is -2.15. The molecule has 0 unspecified atom stereocenters. The predicted molar refractivity (Wildman–Crippen MR) is 52.2 cm³/mol. The summed E-state index contributed by atoms with van der Waals surface area (Å²) < 4.78 is 4.58. The average Bonchev–Trinajstić information content (AvgIpc) is 2.65. The molecule has 7 nitrogen and oxygen atoms in total. The summed E-state index contributed by atoms with van der Waals surface area (Å²) in [4.78, 5) is 21.2. The molecule has 0 saturated carbocycles. The Morgan fingerprint density at radius 3 is 2.81 bits per heavy atom. The van der Waals surface area contributed by atoms with E-state index in [1.54, 1.807) is 0 Å². The highest BCUT2D eigenvalue weighted by molar-refractivity contribution is 6.32. The van der Waals surface area contributed by atoms with Crippen molar-refractivity contribution in [2.45, 2.75) is 0 Å². The van der Waals surface area contributed by atoms with E-state index >= 15 is 0 Å². The van der Waals surface area contributed by atoms with Gasteiger partial charge in [-0.1, -0.05) is 11.6 Å². The van der Waals surface area contributed by atoms with Gasteiger partial charge in [0.05, 0.1) is 0 Å². The van der Waals surface area contributed by atoms with Gasteiger partial charge < -0.3 is 9.84 Å². The van der Waals surface area contributed by atoms with Gasteiger partial charge in [0.2, 0.25) is 0 Å². The van der Waals surface area contributed by atoms with Crippen molar-refractivity contribution >= 4 is 34.6 Å². The fourth-order valence-electron chi connectivity index (χ4n) is 1.11. The molecule has 8 heteroatoms. The van der Waals surface area contributed by atoms with E-state index in [2.05, 4.69) is 20.1 Å². The number of hydrogen-bond acceptors (Lipinski definition) is 5. The second-order valence-electron chi connectivity index (χ2n) is 2.79. The van der Waals surface area contributed by atoms with Gasteiger partial charge in [-0.2, -0.15) is 15.4 Å². The van der Waals surface area contributed by atoms with Gasteiger partial charge in [-0.3, -0.25) is 0 Å². The lowest BCUT2D eigenvalue weighted by molar-refractivity contribution is -0.157. The number of carboxylic acids is 1. The highest BCUT2D eigenvalue weighted by Gasteiger charge is 2.17. The molecule has 0 fully saturated rings. The fraction of sp³-hybridized carbons (Fsp3) is 0. The third kappa shape index (κ3) is 1.80. The van der Waals surface area contributed by atoms with Crippen molar-refractivity contribution in [1.29, 1.82) is 0 Å². The zero-order valence-electron chi connectivity index (χ0n) is 7.60. The van der Waals surface area contributed by atoms with Crippen molar-refractivity contribution in [3.05, 3.63) is 17.2 Å². The van der Waals surface area contributed by atoms with Crippen molar-refractivity contribution < 1.29 is 19.4 Å². The normalized spacial score (nSPS) is 10.3. The van der Waals surface area contributed by atoms with Crippen LogP contribution in [0.25, 0.3) is 11.0 Å². The van der Waals surface area contributed by atoms with Gasteiger partial charge in [-0.05, 0) is 6.07 Å². The molecule has 0 aliphatic carbocycles. The van der Waals surface area contributed by atoms with E-state index < -0.39 is 11.9 Å². The molecule has 0 aliphatic rings. The minimum atomic E-state index is -1.70. The molecule has 0 saturated heterocycles. The number of halogens is 1. The van der Waals surface area contributed by atoms with Crippen molar-refractivity contribution in [2.75, 3.05) is 0 Å². The molecule has 0 spiro atoms. The smallest absolute Gasteiger partial charge is 0.422 e. The number of hydrogen-bond donors (Lipinski definition) is 2. The number of rotatable bonds is 1. The van der Waals surface area contributed by atoms with Crippen LogP contribution in [-0.2, 0) is 9.59 Å². The number of H-pyrrole nitrogens is 1. The number of carbonyl (C=O) groups is 2. The van der Waals surface area contributed by atoms with E-state index in [0.717, 1.165) is 0 Å². The lowest BCUT2D eigenvalue weighted by atomic mass is 10.3. The van der Waals surface area contributed by atoms with Crippen LogP contribution in [0.5, 0.6) is 5.75 Å². The molecule has 16 heavy (non-hydrogen) atoms. The number of nitrogens with zero attached hydrogens (tertiary/aromatic N) is 2. The molecule has 2 rings (SSSR count). The lowest BCUT2D eigenvalue weighted by Crippen LogP contribution is -2.19. The van der Waals surface area contributed by atoms with Gasteiger partial charge in [-0.15, -0.1) is 0 Å². The van der Waals surface area contributed by atoms with Gasteiger partial charge in [0.1, 0.15) is 5.52 Å². The van der Waals surface area contributed by atoms with Crippen molar-refractivity contribution in [1.82, 2.24) is 15.4 Å². The molecular formula is C8H4ClN3O4. The van der Waals surface area contributed by atoms with E-state index in [0.29, 0.717) is 5.52 Å². The maximum absolute atomic E-state index is 10.9. The third-order valence-electron chi connectivity index (χ3n) is 1.73. The number of aromatic amines is 1. The molecule has 0 radical (unpaired) electrons. The number of carbonyl (C=O) groups excluding carboxylic acids is 1. The highest BCUT2D eigenvalue weighted by atomic mass is 35.5. The molecule has 82 valence electrons. The maximum Gasteiger partial charge on any atom is 0.422 e. The summed E-state index contributed by atoms with van der Waals surface area (Å²) >= 11 is 5.72. The summed E-state index contributed by atoms with van der Waals surface area (Å²) in [6.45, 7) is 0. The molecule has 0 bridgehead atoms. The highest BCUT2D eigenvalue weighted by Crippen LogP contribution is 2.26. The summed E-state index contributed by atoms with van der Waals surface area (Å²) in [5, 5.41) is 18.4. The first-order valence-corrected chi connectivity index (χ1v) is 4.41. The average molecular weight is 242 g/mol. The van der Waals surface area contributed by atoms with E-state index in [4.69, 9.17) is 16.7 Å². The Kier molecular flexibility index (Phi) is 2.45. The largest absolute Gasteiger partial charge is 0.473 e. The summed E-state index contributed by atoms with van der Waals surface area (Å²) in [6, 6.07) is 2.78. The number of benzene rings is 1. The van der Waals surface area contributed by atoms with Gasteiger partial charge in [0, 0.05) is 11.1 Å². The number of fused-ring (bicyclic) bond motifs is 1. The van der Waals surface area contributed by atoms with Crippen molar-refractivity contribution in [3.8, 4) is 5.75 Å². The zero-order chi connectivity index (χ0) is 11.7. The molecule has 0 amide bonds. The van der Waals surface area contributed by atoms with E-state index in [1.807, 2.05) is 0 Å². The van der Waals surface area contributed by atoms with E-state index in [-0.39, 0.29) is 16.3 Å². The Bertz CT molecular complexity index is 580. The second kappa shape index (κ2) is 3.78. The van der Waals surface area contributed by atoms with E-state index in [1.165, 1.54) is 12.1 Å². The van der Waals surface area contributed by atoms with Crippen LogP contribution in [0.1, 0.15) is 0 Å². The topological polar surface area (TPSA) is 105 Å². The van der Waals surface area contributed by atoms with Gasteiger partial charge >= 0.3 is 11.9 Å². The summed E-state index contributed by atoms with van der Waals surface area (Å²) in [5.41, 5.74) is 0.611. The van der Waals surface area contributed by atoms with Crippen LogP contribution in [-0.4, -0.2) is 32.5 Å². The fourth-order valence-corrected chi connectivity index (χ4v) is 1.31. The van der Waals surface area contributed by atoms with Crippen LogP contribution < -0.4 is 4.74 Å². The van der Waals surface area contributed by atoms with Crippen LogP contribution in [0.15, 0.2) is 12.1 Å². The zero-order valence-corrected chi connectivity index (χ0v) is 8.35. The van der Waals surface area contributed by atoms with Crippen LogP contribution >= 0.6 is 11.6 Å². The number of ether oxygens (including phenoxy) is 1. The summed E-state index contributed by atoms with van der Waals surface area (Å²) in [5.74, 6) is -3.16. The molecule has 2 aromatic rings. The molecule has 0 atom stereocenters. The first-order valence-electron chi connectivity index (χ1n) is 4.03. The van der Waals surface area contributed by atoms with Crippen LogP contribution in [0.2, 0.25) is 5.02 Å². The van der Waals surface area contributed by atoms with Gasteiger partial charge in [-0.25, -0.2) is 9.59 Å². The number of aliphatic carboxylic acids is 1. The monoisotopic (exact) mass is 241 g/mol. The number of carboxylic acid groups (broad SMARTS) is 1. The SMILES string of the molecule is O=C(O)C(=O)Oc1cc(Cl)cc2n[nH]nc12. The van der Waals surface area contributed by atoms with Crippen LogP contribution in [0, 0.1) is 0 Å². The molecule has 1 aromatic heterocycles. The quantitative estimate of drug-likeness (QED) is 0.430. The Labute approximate surface area is 93.0 Å². The summed E-state index contributed by atoms with van der Waals surface area (Å²) in [7, 11) is 0. The van der Waals surface area contributed by atoms with Crippen molar-refractivity contribution in [3.63, 3.8) is 0 Å². The molecular weight excluding hydrogens is 238 g/mol. The lowest BCUT2D eigenvalue weighted by Gasteiger charge is -2.01. The number of nitrogens with one attached hydrogen (secondary N) is 1. The van der Waals surface area contributed by atoms with E-state index in [9.17, 15) is 9.59 Å². The number of aromatic nitrogens is 3. The van der Waals surface area contributed by atoms with Gasteiger partial charge in [0.15, 0.2) is 11.3 Å². The predicted octanol–water partition coefficient (Wildman–Crippen LogP) is 0.601. The Morgan fingerprint density at radius 1 is 1.38 bits per heavy atom. The molecule has 1 heterocycles. The molecule has 2 N–H and O–H groups in total. The maximum atomic E-state index is 10.9. The first kappa shape index (κ1) is 10.4. The third-order valence-corrected chi connectivity index (χ3v) is 1.95. The van der Waals surface area contributed by atoms with Crippen molar-refractivity contribution in [2.24, 2.45) is 0 Å². The second-order valence-corrected chi connectivity index (χ2v) is 3.23. The first-order chi connectivity index (χ1) is 7.58. The molecule has 1 aromatic carbocycles. The van der Waals surface area contributed by atoms with Crippen LogP contribution in [0.3, 0.4) is 0 Å². The minimum Gasteiger partial charge on any atom is -0.473 e. The number of esters is 1. The minimum absolute atomic E-state index is 0.0522.